The van der Waals surface area contributed by atoms with E-state index in [2.05, 4.69) is 4.98 Å². The van der Waals surface area contributed by atoms with Crippen molar-refractivity contribution in [2.45, 2.75) is 30.3 Å². The Hall–Kier alpha value is -1.86. The molecule has 2 N–H and O–H groups in total. The third-order valence-electron chi connectivity index (χ3n) is 3.64. The molecule has 7 heteroatoms. The van der Waals surface area contributed by atoms with Crippen molar-refractivity contribution in [3.63, 3.8) is 0 Å². The van der Waals surface area contributed by atoms with Gasteiger partial charge in [0.2, 0.25) is 10.0 Å². The molecule has 0 aliphatic heterocycles. The number of hydrogen-bond acceptors (Lipinski definition) is 4. The van der Waals surface area contributed by atoms with E-state index >= 15 is 0 Å². The number of rotatable bonds is 5. The standard InChI is InChI=1S/C14H18N4O2S/c1-17-8-7-16-14(17)10-18(12-5-6-12)21(19,20)13-4-2-3-11(15)9-13/h2-4,7-9,12H,5-6,10,15H2,1H3. The molecule has 0 bridgehead atoms. The Bertz CT molecular complexity index is 750. The second-order valence-electron chi connectivity index (χ2n) is 5.31. The first-order valence-corrected chi connectivity index (χ1v) is 8.26. The van der Waals surface area contributed by atoms with Crippen molar-refractivity contribution < 1.29 is 8.42 Å². The SMILES string of the molecule is Cn1ccnc1CN(C1CC1)S(=O)(=O)c1cccc(N)c1. The van der Waals surface area contributed by atoms with Gasteiger partial charge in [-0.15, -0.1) is 0 Å². The van der Waals surface area contributed by atoms with Gasteiger partial charge in [0.25, 0.3) is 0 Å². The van der Waals surface area contributed by atoms with Gasteiger partial charge in [-0.05, 0) is 31.0 Å². The molecule has 1 aromatic heterocycles. The van der Waals surface area contributed by atoms with Gasteiger partial charge < -0.3 is 10.3 Å². The summed E-state index contributed by atoms with van der Waals surface area (Å²) in [6.45, 7) is 0.283. The average molecular weight is 306 g/mol. The second-order valence-corrected chi connectivity index (χ2v) is 7.20. The Morgan fingerprint density at radius 2 is 2.19 bits per heavy atom. The van der Waals surface area contributed by atoms with Crippen LogP contribution in [0, 0.1) is 0 Å². The van der Waals surface area contributed by atoms with Gasteiger partial charge in [0.1, 0.15) is 5.82 Å². The van der Waals surface area contributed by atoms with Crippen LogP contribution in [0.4, 0.5) is 5.69 Å². The van der Waals surface area contributed by atoms with Crippen LogP contribution in [0.5, 0.6) is 0 Å². The molecule has 0 unspecified atom stereocenters. The molecule has 3 rings (SSSR count). The molecule has 1 fully saturated rings. The van der Waals surface area contributed by atoms with Crippen LogP contribution in [-0.2, 0) is 23.6 Å². The summed E-state index contributed by atoms with van der Waals surface area (Å²) in [5.41, 5.74) is 6.16. The Kier molecular flexibility index (Phi) is 3.46. The maximum Gasteiger partial charge on any atom is 0.243 e. The average Bonchev–Trinajstić information content (AvgIpc) is 3.19. The fourth-order valence-corrected chi connectivity index (χ4v) is 3.97. The molecule has 0 spiro atoms. The minimum Gasteiger partial charge on any atom is -0.399 e. The summed E-state index contributed by atoms with van der Waals surface area (Å²) in [4.78, 5) is 4.46. The van der Waals surface area contributed by atoms with Crippen molar-refractivity contribution in [1.29, 1.82) is 0 Å². The highest BCUT2D eigenvalue weighted by atomic mass is 32.2. The molecule has 0 radical (unpaired) electrons. The summed E-state index contributed by atoms with van der Waals surface area (Å²) in [5.74, 6) is 0.731. The van der Waals surface area contributed by atoms with Crippen LogP contribution in [0.25, 0.3) is 0 Å². The molecule has 0 amide bonds. The lowest BCUT2D eigenvalue weighted by Crippen LogP contribution is -2.33. The molecule has 112 valence electrons. The zero-order valence-corrected chi connectivity index (χ0v) is 12.6. The predicted octanol–water partition coefficient (Wildman–Crippen LogP) is 1.36. The van der Waals surface area contributed by atoms with E-state index in [0.717, 1.165) is 18.7 Å². The number of anilines is 1. The Morgan fingerprint density at radius 3 is 2.76 bits per heavy atom. The third kappa shape index (κ3) is 2.79. The molecule has 2 aromatic rings. The number of benzene rings is 1. The Labute approximate surface area is 124 Å². The topological polar surface area (TPSA) is 81.2 Å². The lowest BCUT2D eigenvalue weighted by Gasteiger charge is -2.21. The minimum absolute atomic E-state index is 0.0631. The van der Waals surface area contributed by atoms with Crippen molar-refractivity contribution in [3.05, 3.63) is 42.5 Å². The highest BCUT2D eigenvalue weighted by molar-refractivity contribution is 7.89. The molecule has 6 nitrogen and oxygen atoms in total. The molecule has 1 aliphatic carbocycles. The second kappa shape index (κ2) is 5.16. The number of aromatic nitrogens is 2. The number of aryl methyl sites for hydroxylation is 1. The van der Waals surface area contributed by atoms with Crippen LogP contribution in [0.15, 0.2) is 41.6 Å². The summed E-state index contributed by atoms with van der Waals surface area (Å²) < 4.78 is 29.0. The highest BCUT2D eigenvalue weighted by Crippen LogP contribution is 2.33. The fourth-order valence-electron chi connectivity index (χ4n) is 2.27. The first kappa shape index (κ1) is 14.1. The molecule has 21 heavy (non-hydrogen) atoms. The van der Waals surface area contributed by atoms with Crippen LogP contribution < -0.4 is 5.73 Å². The third-order valence-corrected chi connectivity index (χ3v) is 5.53. The van der Waals surface area contributed by atoms with Crippen molar-refractivity contribution in [2.24, 2.45) is 7.05 Å². The smallest absolute Gasteiger partial charge is 0.243 e. The predicted molar refractivity (Wildman–Crippen MR) is 79.8 cm³/mol. The first-order valence-electron chi connectivity index (χ1n) is 6.82. The van der Waals surface area contributed by atoms with Crippen molar-refractivity contribution in [3.8, 4) is 0 Å². The molecule has 1 aliphatic rings. The van der Waals surface area contributed by atoms with Crippen LogP contribution in [0.1, 0.15) is 18.7 Å². The summed E-state index contributed by atoms with van der Waals surface area (Å²) in [7, 11) is -1.69. The monoisotopic (exact) mass is 306 g/mol. The number of nitrogens with zero attached hydrogens (tertiary/aromatic N) is 3. The van der Waals surface area contributed by atoms with Crippen LogP contribution in [0.3, 0.4) is 0 Å². The minimum atomic E-state index is -3.55. The molecule has 1 saturated carbocycles. The quantitative estimate of drug-likeness (QED) is 0.846. The zero-order valence-electron chi connectivity index (χ0n) is 11.8. The fraction of sp³-hybridized carbons (Fsp3) is 0.357. The molecule has 0 atom stereocenters. The van der Waals surface area contributed by atoms with E-state index in [-0.39, 0.29) is 17.5 Å². The molecule has 1 heterocycles. The lowest BCUT2D eigenvalue weighted by molar-refractivity contribution is 0.385. The van der Waals surface area contributed by atoms with E-state index in [1.165, 1.54) is 10.4 Å². The van der Waals surface area contributed by atoms with E-state index in [0.29, 0.717) is 5.69 Å². The van der Waals surface area contributed by atoms with Gasteiger partial charge in [-0.2, -0.15) is 4.31 Å². The van der Waals surface area contributed by atoms with E-state index < -0.39 is 10.0 Å². The van der Waals surface area contributed by atoms with Crippen molar-refractivity contribution >= 4 is 15.7 Å². The van der Waals surface area contributed by atoms with Gasteiger partial charge in [-0.3, -0.25) is 0 Å². The number of hydrogen-bond donors (Lipinski definition) is 1. The van der Waals surface area contributed by atoms with Gasteiger partial charge in [-0.25, -0.2) is 13.4 Å². The Morgan fingerprint density at radius 1 is 1.43 bits per heavy atom. The summed E-state index contributed by atoms with van der Waals surface area (Å²) in [6.07, 6.45) is 5.28. The van der Waals surface area contributed by atoms with Gasteiger partial charge in [-0.1, -0.05) is 6.07 Å². The summed E-state index contributed by atoms with van der Waals surface area (Å²) >= 11 is 0. The van der Waals surface area contributed by atoms with Crippen LogP contribution >= 0.6 is 0 Å². The van der Waals surface area contributed by atoms with Gasteiger partial charge >= 0.3 is 0 Å². The molecular formula is C14H18N4O2S. The van der Waals surface area contributed by atoms with E-state index in [1.807, 2.05) is 17.8 Å². The van der Waals surface area contributed by atoms with Crippen molar-refractivity contribution in [2.75, 3.05) is 5.73 Å². The van der Waals surface area contributed by atoms with Gasteiger partial charge in [0, 0.05) is 31.2 Å². The zero-order chi connectivity index (χ0) is 15.0. The number of nitrogen functional groups attached to an aromatic ring is 1. The summed E-state index contributed by atoms with van der Waals surface area (Å²) in [6, 6.07) is 6.49. The lowest BCUT2D eigenvalue weighted by atomic mass is 10.3. The van der Waals surface area contributed by atoms with Gasteiger partial charge in [0.15, 0.2) is 0 Å². The van der Waals surface area contributed by atoms with Crippen LogP contribution in [0.2, 0.25) is 0 Å². The maximum atomic E-state index is 12.8. The number of imidazole rings is 1. The van der Waals surface area contributed by atoms with Crippen LogP contribution in [-0.4, -0.2) is 28.3 Å². The van der Waals surface area contributed by atoms with Gasteiger partial charge in [0.05, 0.1) is 11.4 Å². The maximum absolute atomic E-state index is 12.8. The molecular weight excluding hydrogens is 288 g/mol. The summed E-state index contributed by atoms with van der Waals surface area (Å²) in [5, 5.41) is 0. The first-order chi connectivity index (χ1) is 9.98. The van der Waals surface area contributed by atoms with E-state index in [4.69, 9.17) is 5.73 Å². The molecule has 1 aromatic carbocycles. The normalized spacial score (nSPS) is 15.5. The Balaban J connectivity index is 1.95. The van der Waals surface area contributed by atoms with Crippen molar-refractivity contribution in [1.82, 2.24) is 13.9 Å². The number of nitrogens with two attached hydrogens (primary N) is 1. The molecule has 0 saturated heterocycles. The van der Waals surface area contributed by atoms with E-state index in [1.54, 1.807) is 24.4 Å². The largest absolute Gasteiger partial charge is 0.399 e. The van der Waals surface area contributed by atoms with E-state index in [9.17, 15) is 8.42 Å². The number of sulfonamides is 1. The highest BCUT2D eigenvalue weighted by Gasteiger charge is 2.38.